The number of aromatic nitrogens is 2. The standard InChI is InChI=1S/C13H11N3S/c14-13-12(8-15-16-13)17-11-6-5-9-3-1-2-4-10(9)7-11/h1-8H,(H3,14,15,16). The van der Waals surface area contributed by atoms with Crippen LogP contribution >= 0.6 is 11.8 Å². The van der Waals surface area contributed by atoms with Crippen LogP contribution < -0.4 is 5.73 Å². The molecule has 0 amide bonds. The van der Waals surface area contributed by atoms with E-state index in [1.54, 1.807) is 18.0 Å². The van der Waals surface area contributed by atoms with Gasteiger partial charge in [0.25, 0.3) is 0 Å². The largest absolute Gasteiger partial charge is 0.383 e. The van der Waals surface area contributed by atoms with E-state index in [1.807, 2.05) is 12.1 Å². The van der Waals surface area contributed by atoms with E-state index in [2.05, 4.69) is 40.5 Å². The van der Waals surface area contributed by atoms with Gasteiger partial charge >= 0.3 is 0 Å². The molecule has 3 aromatic rings. The molecule has 3 rings (SSSR count). The topological polar surface area (TPSA) is 54.7 Å². The normalized spacial score (nSPS) is 10.8. The molecule has 2 aromatic carbocycles. The van der Waals surface area contributed by atoms with Gasteiger partial charge < -0.3 is 5.73 Å². The number of nitrogens with one attached hydrogen (secondary N) is 1. The minimum absolute atomic E-state index is 0.614. The Morgan fingerprint density at radius 3 is 2.65 bits per heavy atom. The molecule has 17 heavy (non-hydrogen) atoms. The average molecular weight is 241 g/mol. The van der Waals surface area contributed by atoms with E-state index in [1.165, 1.54) is 10.8 Å². The fourth-order valence-corrected chi connectivity index (χ4v) is 2.56. The number of nitrogen functional groups attached to an aromatic ring is 1. The number of aromatic amines is 1. The van der Waals surface area contributed by atoms with Crippen molar-refractivity contribution in [1.29, 1.82) is 0 Å². The summed E-state index contributed by atoms with van der Waals surface area (Å²) in [5.74, 6) is 0.614. The molecular formula is C13H11N3S. The Kier molecular flexibility index (Phi) is 2.49. The van der Waals surface area contributed by atoms with Crippen molar-refractivity contribution in [2.24, 2.45) is 0 Å². The van der Waals surface area contributed by atoms with E-state index in [9.17, 15) is 0 Å². The lowest BCUT2D eigenvalue weighted by atomic mass is 10.1. The monoisotopic (exact) mass is 241 g/mol. The van der Waals surface area contributed by atoms with Crippen molar-refractivity contribution in [3.63, 3.8) is 0 Å². The minimum Gasteiger partial charge on any atom is -0.383 e. The number of rotatable bonds is 2. The Balaban J connectivity index is 1.99. The number of hydrogen-bond acceptors (Lipinski definition) is 3. The lowest BCUT2D eigenvalue weighted by molar-refractivity contribution is 1.10. The van der Waals surface area contributed by atoms with Crippen LogP contribution in [0.15, 0.2) is 58.5 Å². The van der Waals surface area contributed by atoms with Gasteiger partial charge in [-0.25, -0.2) is 0 Å². The average Bonchev–Trinajstić information content (AvgIpc) is 2.75. The Morgan fingerprint density at radius 2 is 1.88 bits per heavy atom. The molecule has 0 spiro atoms. The van der Waals surface area contributed by atoms with Gasteiger partial charge in [0.2, 0.25) is 0 Å². The maximum Gasteiger partial charge on any atom is 0.133 e. The quantitative estimate of drug-likeness (QED) is 0.723. The third-order valence-corrected chi connectivity index (χ3v) is 3.62. The number of nitrogens with two attached hydrogens (primary N) is 1. The highest BCUT2D eigenvalue weighted by Crippen LogP contribution is 2.32. The van der Waals surface area contributed by atoms with Crippen molar-refractivity contribution in [2.75, 3.05) is 5.73 Å². The molecule has 0 aliphatic carbocycles. The fraction of sp³-hybridized carbons (Fsp3) is 0. The summed E-state index contributed by atoms with van der Waals surface area (Å²) in [4.78, 5) is 2.12. The number of hydrogen-bond donors (Lipinski definition) is 2. The molecule has 0 unspecified atom stereocenters. The zero-order valence-corrected chi connectivity index (χ0v) is 9.87. The van der Waals surface area contributed by atoms with Crippen molar-refractivity contribution in [3.05, 3.63) is 48.7 Å². The first-order valence-corrected chi connectivity index (χ1v) is 6.10. The molecular weight excluding hydrogens is 230 g/mol. The molecule has 0 saturated carbocycles. The first kappa shape index (κ1) is 10.2. The first-order chi connectivity index (χ1) is 8.33. The molecule has 0 aliphatic heterocycles. The van der Waals surface area contributed by atoms with Gasteiger partial charge in [0.1, 0.15) is 5.82 Å². The lowest BCUT2D eigenvalue weighted by Crippen LogP contribution is -1.85. The highest BCUT2D eigenvalue weighted by atomic mass is 32.2. The van der Waals surface area contributed by atoms with Crippen molar-refractivity contribution in [3.8, 4) is 0 Å². The maximum absolute atomic E-state index is 5.76. The van der Waals surface area contributed by atoms with E-state index < -0.39 is 0 Å². The summed E-state index contributed by atoms with van der Waals surface area (Å²) < 4.78 is 0. The van der Waals surface area contributed by atoms with Crippen LogP contribution in [0.1, 0.15) is 0 Å². The number of anilines is 1. The van der Waals surface area contributed by atoms with Gasteiger partial charge in [0.15, 0.2) is 0 Å². The van der Waals surface area contributed by atoms with Gasteiger partial charge in [-0.1, -0.05) is 42.1 Å². The number of benzene rings is 2. The van der Waals surface area contributed by atoms with Crippen LogP contribution in [-0.4, -0.2) is 10.2 Å². The Hall–Kier alpha value is -1.94. The van der Waals surface area contributed by atoms with E-state index >= 15 is 0 Å². The van der Waals surface area contributed by atoms with Gasteiger partial charge in [-0.15, -0.1) is 0 Å². The predicted molar refractivity (Wildman–Crippen MR) is 71.1 cm³/mol. The lowest BCUT2D eigenvalue weighted by Gasteiger charge is -2.02. The zero-order chi connectivity index (χ0) is 11.7. The zero-order valence-electron chi connectivity index (χ0n) is 9.05. The molecule has 0 bridgehead atoms. The van der Waals surface area contributed by atoms with E-state index in [-0.39, 0.29) is 0 Å². The van der Waals surface area contributed by atoms with Crippen LogP contribution in [0.2, 0.25) is 0 Å². The number of H-pyrrole nitrogens is 1. The van der Waals surface area contributed by atoms with Gasteiger partial charge in [0.05, 0.1) is 11.1 Å². The van der Waals surface area contributed by atoms with Crippen molar-refractivity contribution in [2.45, 2.75) is 9.79 Å². The van der Waals surface area contributed by atoms with E-state index in [4.69, 9.17) is 5.73 Å². The van der Waals surface area contributed by atoms with Gasteiger partial charge in [-0.3, -0.25) is 5.10 Å². The third kappa shape index (κ3) is 1.99. The SMILES string of the molecule is Nc1[nH]ncc1Sc1ccc2ccccc2c1. The Morgan fingerprint density at radius 1 is 1.06 bits per heavy atom. The van der Waals surface area contributed by atoms with Gasteiger partial charge in [-0.05, 0) is 22.9 Å². The van der Waals surface area contributed by atoms with Crippen molar-refractivity contribution >= 4 is 28.4 Å². The third-order valence-electron chi connectivity index (χ3n) is 2.58. The van der Waals surface area contributed by atoms with Crippen LogP contribution in [0.3, 0.4) is 0 Å². The first-order valence-electron chi connectivity index (χ1n) is 5.28. The molecule has 3 nitrogen and oxygen atoms in total. The summed E-state index contributed by atoms with van der Waals surface area (Å²) in [7, 11) is 0. The summed E-state index contributed by atoms with van der Waals surface area (Å²) in [5, 5.41) is 9.13. The summed E-state index contributed by atoms with van der Waals surface area (Å²) in [6.45, 7) is 0. The Labute approximate surface area is 103 Å². The van der Waals surface area contributed by atoms with Crippen molar-refractivity contribution < 1.29 is 0 Å². The second-order valence-electron chi connectivity index (χ2n) is 3.76. The minimum atomic E-state index is 0.614. The molecule has 0 fully saturated rings. The number of fused-ring (bicyclic) bond motifs is 1. The maximum atomic E-state index is 5.76. The molecule has 0 aliphatic rings. The predicted octanol–water partition coefficient (Wildman–Crippen LogP) is 3.30. The second kappa shape index (κ2) is 4.14. The molecule has 1 aromatic heterocycles. The fourth-order valence-electron chi connectivity index (χ4n) is 1.72. The van der Waals surface area contributed by atoms with Gasteiger partial charge in [0, 0.05) is 4.90 Å². The van der Waals surface area contributed by atoms with Gasteiger partial charge in [-0.2, -0.15) is 5.10 Å². The summed E-state index contributed by atoms with van der Waals surface area (Å²) >= 11 is 1.62. The number of nitrogens with zero attached hydrogens (tertiary/aromatic N) is 1. The van der Waals surface area contributed by atoms with Crippen LogP contribution in [0.4, 0.5) is 5.82 Å². The molecule has 0 saturated heterocycles. The summed E-state index contributed by atoms with van der Waals surface area (Å²) in [5.41, 5.74) is 5.76. The Bertz CT molecular complexity index is 660. The molecule has 3 N–H and O–H groups in total. The molecule has 1 heterocycles. The highest BCUT2D eigenvalue weighted by molar-refractivity contribution is 7.99. The molecule has 84 valence electrons. The van der Waals surface area contributed by atoms with Crippen LogP contribution in [0.25, 0.3) is 10.8 Å². The molecule has 4 heteroatoms. The van der Waals surface area contributed by atoms with Crippen LogP contribution in [-0.2, 0) is 0 Å². The second-order valence-corrected chi connectivity index (χ2v) is 4.87. The van der Waals surface area contributed by atoms with E-state index in [0.29, 0.717) is 5.82 Å². The van der Waals surface area contributed by atoms with Crippen LogP contribution in [0, 0.1) is 0 Å². The van der Waals surface area contributed by atoms with E-state index in [0.717, 1.165) is 9.79 Å². The summed E-state index contributed by atoms with van der Waals surface area (Å²) in [6.07, 6.45) is 1.75. The highest BCUT2D eigenvalue weighted by Gasteiger charge is 2.04. The molecule has 0 atom stereocenters. The van der Waals surface area contributed by atoms with Crippen LogP contribution in [0.5, 0.6) is 0 Å². The van der Waals surface area contributed by atoms with Crippen molar-refractivity contribution in [1.82, 2.24) is 10.2 Å². The smallest absolute Gasteiger partial charge is 0.133 e. The molecule has 0 radical (unpaired) electrons. The summed E-state index contributed by atoms with van der Waals surface area (Å²) in [6, 6.07) is 14.7.